The largest absolute Gasteiger partial charge is 0.417 e. The molecule has 26 heavy (non-hydrogen) atoms. The second kappa shape index (κ2) is 8.57. The molecular formula is C16H20ClF3N4O2. The van der Waals surface area contributed by atoms with Crippen LogP contribution in [0.2, 0.25) is 5.02 Å². The zero-order valence-corrected chi connectivity index (χ0v) is 15.0. The number of piperidine rings is 1. The van der Waals surface area contributed by atoms with E-state index in [-0.39, 0.29) is 41.5 Å². The maximum atomic E-state index is 12.6. The number of amides is 2. The third-order valence-corrected chi connectivity index (χ3v) is 4.55. The SMILES string of the molecule is CNC(=O)C1CCN(C(=O)CCNc2ncc(C(F)(F)F)cc2Cl)CC1. The highest BCUT2D eigenvalue weighted by Crippen LogP contribution is 2.32. The number of hydrogen-bond acceptors (Lipinski definition) is 4. The fraction of sp³-hybridized carbons (Fsp3) is 0.562. The first-order valence-electron chi connectivity index (χ1n) is 8.18. The predicted molar refractivity (Wildman–Crippen MR) is 90.7 cm³/mol. The summed E-state index contributed by atoms with van der Waals surface area (Å²) in [6.07, 6.45) is -2.43. The van der Waals surface area contributed by atoms with E-state index in [1.807, 2.05) is 0 Å². The Morgan fingerprint density at radius 2 is 2.00 bits per heavy atom. The summed E-state index contributed by atoms with van der Waals surface area (Å²) < 4.78 is 37.7. The molecule has 0 unspecified atom stereocenters. The van der Waals surface area contributed by atoms with Gasteiger partial charge in [-0.2, -0.15) is 13.2 Å². The lowest BCUT2D eigenvalue weighted by Crippen LogP contribution is -2.42. The van der Waals surface area contributed by atoms with E-state index >= 15 is 0 Å². The van der Waals surface area contributed by atoms with Gasteiger partial charge in [-0.1, -0.05) is 11.6 Å². The highest BCUT2D eigenvalue weighted by Gasteiger charge is 2.31. The Balaban J connectivity index is 1.79. The van der Waals surface area contributed by atoms with Crippen LogP contribution in [0.1, 0.15) is 24.8 Å². The van der Waals surface area contributed by atoms with Crippen molar-refractivity contribution in [1.82, 2.24) is 15.2 Å². The van der Waals surface area contributed by atoms with Crippen LogP contribution in [0.15, 0.2) is 12.3 Å². The molecule has 1 aliphatic rings. The van der Waals surface area contributed by atoms with Crippen molar-refractivity contribution in [3.05, 3.63) is 22.8 Å². The third-order valence-electron chi connectivity index (χ3n) is 4.26. The second-order valence-corrected chi connectivity index (χ2v) is 6.41. The number of aromatic nitrogens is 1. The average molecular weight is 393 g/mol. The van der Waals surface area contributed by atoms with Gasteiger partial charge in [0.1, 0.15) is 5.82 Å². The molecule has 2 rings (SSSR count). The van der Waals surface area contributed by atoms with Crippen molar-refractivity contribution in [3.63, 3.8) is 0 Å². The summed E-state index contributed by atoms with van der Waals surface area (Å²) >= 11 is 5.80. The lowest BCUT2D eigenvalue weighted by atomic mass is 9.96. The topological polar surface area (TPSA) is 74.3 Å². The first-order valence-corrected chi connectivity index (χ1v) is 8.56. The van der Waals surface area contributed by atoms with Crippen LogP contribution in [0.25, 0.3) is 0 Å². The van der Waals surface area contributed by atoms with Gasteiger partial charge in [-0.15, -0.1) is 0 Å². The number of pyridine rings is 1. The Hall–Kier alpha value is -2.03. The van der Waals surface area contributed by atoms with Gasteiger partial charge >= 0.3 is 6.18 Å². The fourth-order valence-electron chi connectivity index (χ4n) is 2.76. The van der Waals surface area contributed by atoms with E-state index in [2.05, 4.69) is 15.6 Å². The molecule has 144 valence electrons. The van der Waals surface area contributed by atoms with Crippen molar-refractivity contribution < 1.29 is 22.8 Å². The number of likely N-dealkylation sites (tertiary alicyclic amines) is 1. The Labute approximate surface area is 154 Å². The van der Waals surface area contributed by atoms with Crippen LogP contribution in [0.4, 0.5) is 19.0 Å². The molecule has 0 aliphatic carbocycles. The molecule has 0 atom stereocenters. The van der Waals surface area contributed by atoms with Crippen molar-refractivity contribution >= 4 is 29.2 Å². The number of nitrogens with zero attached hydrogens (tertiary/aromatic N) is 2. The van der Waals surface area contributed by atoms with Crippen molar-refractivity contribution in [2.45, 2.75) is 25.4 Å². The number of halogens is 4. The van der Waals surface area contributed by atoms with Gasteiger partial charge in [-0.25, -0.2) is 4.98 Å². The van der Waals surface area contributed by atoms with Crippen LogP contribution in [0, 0.1) is 5.92 Å². The van der Waals surface area contributed by atoms with E-state index in [0.29, 0.717) is 32.1 Å². The van der Waals surface area contributed by atoms with Gasteiger partial charge < -0.3 is 15.5 Å². The summed E-state index contributed by atoms with van der Waals surface area (Å²) in [5, 5.41) is 5.23. The van der Waals surface area contributed by atoms with Crippen LogP contribution in [0.3, 0.4) is 0 Å². The molecule has 0 saturated carbocycles. The Bertz CT molecular complexity index is 661. The number of anilines is 1. The summed E-state index contributed by atoms with van der Waals surface area (Å²) in [7, 11) is 1.59. The van der Waals surface area contributed by atoms with Crippen LogP contribution in [-0.4, -0.2) is 48.4 Å². The van der Waals surface area contributed by atoms with Crippen LogP contribution in [0.5, 0.6) is 0 Å². The number of nitrogens with one attached hydrogen (secondary N) is 2. The Morgan fingerprint density at radius 3 is 2.54 bits per heavy atom. The van der Waals surface area contributed by atoms with Crippen molar-refractivity contribution in [2.24, 2.45) is 5.92 Å². The number of carbonyl (C=O) groups is 2. The molecule has 10 heteroatoms. The average Bonchev–Trinajstić information content (AvgIpc) is 2.61. The van der Waals surface area contributed by atoms with Gasteiger partial charge in [0.2, 0.25) is 11.8 Å². The van der Waals surface area contributed by atoms with E-state index < -0.39 is 11.7 Å². The molecule has 6 nitrogen and oxygen atoms in total. The summed E-state index contributed by atoms with van der Waals surface area (Å²) in [4.78, 5) is 29.1. The maximum absolute atomic E-state index is 12.6. The zero-order chi connectivity index (χ0) is 19.3. The fourth-order valence-corrected chi connectivity index (χ4v) is 3.00. The first kappa shape index (κ1) is 20.3. The zero-order valence-electron chi connectivity index (χ0n) is 14.2. The molecule has 0 spiro atoms. The molecule has 2 N–H and O–H groups in total. The molecule has 0 bridgehead atoms. The first-order chi connectivity index (χ1) is 12.2. The van der Waals surface area contributed by atoms with E-state index in [9.17, 15) is 22.8 Å². The lowest BCUT2D eigenvalue weighted by molar-refractivity contribution is -0.137. The standard InChI is InChI=1S/C16H20ClF3N4O2/c1-21-15(26)10-3-6-24(7-4-10)13(25)2-5-22-14-12(17)8-11(9-23-14)16(18,19)20/h8-10H,2-7H2,1H3,(H,21,26)(H,22,23). The highest BCUT2D eigenvalue weighted by atomic mass is 35.5. The normalized spacial score (nSPS) is 15.7. The second-order valence-electron chi connectivity index (χ2n) is 6.00. The third kappa shape index (κ3) is 5.23. The van der Waals surface area contributed by atoms with E-state index in [4.69, 9.17) is 11.6 Å². The smallest absolute Gasteiger partial charge is 0.368 e. The summed E-state index contributed by atoms with van der Waals surface area (Å²) in [6.45, 7) is 1.22. The van der Waals surface area contributed by atoms with Crippen molar-refractivity contribution in [3.8, 4) is 0 Å². The van der Waals surface area contributed by atoms with Crippen LogP contribution in [-0.2, 0) is 15.8 Å². The van der Waals surface area contributed by atoms with Gasteiger partial charge in [0.05, 0.1) is 10.6 Å². The number of rotatable bonds is 5. The summed E-state index contributed by atoms with van der Waals surface area (Å²) in [5.74, 6) is -0.0687. The number of alkyl halides is 3. The number of carbonyl (C=O) groups excluding carboxylic acids is 2. The minimum atomic E-state index is -4.51. The van der Waals surface area contributed by atoms with Crippen LogP contribution < -0.4 is 10.6 Å². The molecule has 0 aromatic carbocycles. The van der Waals surface area contributed by atoms with Gasteiger partial charge in [0.25, 0.3) is 0 Å². The summed E-state index contributed by atoms with van der Waals surface area (Å²) in [6, 6.07) is 0.794. The molecule has 1 aromatic rings. The monoisotopic (exact) mass is 392 g/mol. The van der Waals surface area contributed by atoms with Gasteiger partial charge in [-0.05, 0) is 18.9 Å². The molecule has 0 radical (unpaired) electrons. The van der Waals surface area contributed by atoms with Crippen LogP contribution >= 0.6 is 11.6 Å². The Kier molecular flexibility index (Phi) is 6.69. The van der Waals surface area contributed by atoms with Crippen molar-refractivity contribution in [2.75, 3.05) is 32.0 Å². The predicted octanol–water partition coefficient (Wildman–Crippen LogP) is 2.54. The number of hydrogen-bond donors (Lipinski definition) is 2. The van der Waals surface area contributed by atoms with Gasteiger partial charge in [-0.3, -0.25) is 9.59 Å². The molecule has 1 aliphatic heterocycles. The van der Waals surface area contributed by atoms with Crippen molar-refractivity contribution in [1.29, 1.82) is 0 Å². The highest BCUT2D eigenvalue weighted by molar-refractivity contribution is 6.32. The van der Waals surface area contributed by atoms with E-state index in [1.54, 1.807) is 11.9 Å². The molecule has 1 fully saturated rings. The molecule has 2 amide bonds. The minimum absolute atomic E-state index is 0.0122. The quantitative estimate of drug-likeness (QED) is 0.807. The molecule has 1 aromatic heterocycles. The Morgan fingerprint density at radius 1 is 1.35 bits per heavy atom. The van der Waals surface area contributed by atoms with Gasteiger partial charge in [0.15, 0.2) is 0 Å². The lowest BCUT2D eigenvalue weighted by Gasteiger charge is -2.31. The molecule has 1 saturated heterocycles. The van der Waals surface area contributed by atoms with E-state index in [0.717, 1.165) is 6.07 Å². The maximum Gasteiger partial charge on any atom is 0.417 e. The molecule has 2 heterocycles. The van der Waals surface area contributed by atoms with Gasteiger partial charge in [0, 0.05) is 45.2 Å². The molecular weight excluding hydrogens is 373 g/mol. The van der Waals surface area contributed by atoms with E-state index in [1.165, 1.54) is 0 Å². The summed E-state index contributed by atoms with van der Waals surface area (Å²) in [5.41, 5.74) is -0.928. The minimum Gasteiger partial charge on any atom is -0.368 e.